The predicted molar refractivity (Wildman–Crippen MR) is 86.6 cm³/mol. The third kappa shape index (κ3) is 3.74. The summed E-state index contributed by atoms with van der Waals surface area (Å²) in [6.07, 6.45) is 5.95. The molecule has 0 bridgehead atoms. The standard InChI is InChI=1S/C16H23BrClN/c1-15(2)5-7-16(11-19,8-6-15)10-12-3-4-13(17)9-14(12)18/h3-4,9H,5-8,10-11,19H2,1-2H3. The van der Waals surface area contributed by atoms with Crippen molar-refractivity contribution in [2.24, 2.45) is 16.6 Å². The molecule has 0 amide bonds. The third-order valence-corrected chi connectivity index (χ3v) is 5.52. The van der Waals surface area contributed by atoms with Gasteiger partial charge in [0.1, 0.15) is 0 Å². The van der Waals surface area contributed by atoms with Crippen molar-refractivity contribution in [3.63, 3.8) is 0 Å². The van der Waals surface area contributed by atoms with Gasteiger partial charge in [-0.3, -0.25) is 0 Å². The molecule has 0 aromatic heterocycles. The van der Waals surface area contributed by atoms with Gasteiger partial charge in [0.25, 0.3) is 0 Å². The van der Waals surface area contributed by atoms with Crippen molar-refractivity contribution in [1.29, 1.82) is 0 Å². The Morgan fingerprint density at radius 2 is 1.84 bits per heavy atom. The van der Waals surface area contributed by atoms with Crippen molar-refractivity contribution < 1.29 is 0 Å². The summed E-state index contributed by atoms with van der Waals surface area (Å²) >= 11 is 9.81. The summed E-state index contributed by atoms with van der Waals surface area (Å²) in [7, 11) is 0. The number of benzene rings is 1. The van der Waals surface area contributed by atoms with Gasteiger partial charge in [0, 0.05) is 9.50 Å². The number of nitrogens with two attached hydrogens (primary N) is 1. The van der Waals surface area contributed by atoms with E-state index in [9.17, 15) is 0 Å². The van der Waals surface area contributed by atoms with E-state index in [1.165, 1.54) is 31.2 Å². The van der Waals surface area contributed by atoms with Gasteiger partial charge in [-0.15, -0.1) is 0 Å². The largest absolute Gasteiger partial charge is 0.330 e. The molecule has 0 saturated heterocycles. The second kappa shape index (κ2) is 5.75. The van der Waals surface area contributed by atoms with Crippen LogP contribution in [0.1, 0.15) is 45.1 Å². The van der Waals surface area contributed by atoms with Gasteiger partial charge in [0.15, 0.2) is 0 Å². The molecule has 2 rings (SSSR count). The van der Waals surface area contributed by atoms with Crippen molar-refractivity contribution >= 4 is 27.5 Å². The lowest BCUT2D eigenvalue weighted by atomic mass is 9.63. The Hall–Kier alpha value is -0.0500. The lowest BCUT2D eigenvalue weighted by Crippen LogP contribution is -2.39. The number of hydrogen-bond donors (Lipinski definition) is 1. The first-order valence-electron chi connectivity index (χ1n) is 7.00. The summed E-state index contributed by atoms with van der Waals surface area (Å²) in [6, 6.07) is 6.18. The van der Waals surface area contributed by atoms with Crippen molar-refractivity contribution in [3.05, 3.63) is 33.3 Å². The van der Waals surface area contributed by atoms with Gasteiger partial charge in [0.2, 0.25) is 0 Å². The topological polar surface area (TPSA) is 26.0 Å². The first kappa shape index (κ1) is 15.3. The molecule has 1 saturated carbocycles. The van der Waals surface area contributed by atoms with Crippen molar-refractivity contribution in [1.82, 2.24) is 0 Å². The highest BCUT2D eigenvalue weighted by Crippen LogP contribution is 2.46. The fourth-order valence-corrected chi connectivity index (χ4v) is 3.72. The normalized spacial score (nSPS) is 21.3. The van der Waals surface area contributed by atoms with E-state index in [4.69, 9.17) is 17.3 Å². The van der Waals surface area contributed by atoms with Crippen molar-refractivity contribution in [2.75, 3.05) is 6.54 Å². The van der Waals surface area contributed by atoms with Crippen LogP contribution in [0, 0.1) is 10.8 Å². The maximum atomic E-state index is 6.35. The van der Waals surface area contributed by atoms with Crippen LogP contribution in [-0.4, -0.2) is 6.54 Å². The molecule has 106 valence electrons. The monoisotopic (exact) mass is 343 g/mol. The number of hydrogen-bond acceptors (Lipinski definition) is 1. The molecule has 0 atom stereocenters. The Morgan fingerprint density at radius 3 is 2.37 bits per heavy atom. The Bertz CT molecular complexity index is 446. The minimum Gasteiger partial charge on any atom is -0.330 e. The lowest BCUT2D eigenvalue weighted by molar-refractivity contribution is 0.108. The van der Waals surface area contributed by atoms with Gasteiger partial charge in [0.05, 0.1) is 0 Å². The van der Waals surface area contributed by atoms with Crippen LogP contribution in [0.15, 0.2) is 22.7 Å². The van der Waals surface area contributed by atoms with E-state index in [1.54, 1.807) is 0 Å². The van der Waals surface area contributed by atoms with Crippen LogP contribution in [0.5, 0.6) is 0 Å². The van der Waals surface area contributed by atoms with E-state index in [0.29, 0.717) is 5.41 Å². The smallest absolute Gasteiger partial charge is 0.0449 e. The zero-order valence-electron chi connectivity index (χ0n) is 11.8. The molecule has 0 aliphatic heterocycles. The van der Waals surface area contributed by atoms with Crippen LogP contribution < -0.4 is 5.73 Å². The quantitative estimate of drug-likeness (QED) is 0.802. The third-order valence-electron chi connectivity index (χ3n) is 4.68. The van der Waals surface area contributed by atoms with E-state index in [1.807, 2.05) is 6.07 Å². The highest BCUT2D eigenvalue weighted by molar-refractivity contribution is 9.10. The lowest BCUT2D eigenvalue weighted by Gasteiger charge is -2.43. The van der Waals surface area contributed by atoms with Crippen LogP contribution >= 0.6 is 27.5 Å². The summed E-state index contributed by atoms with van der Waals surface area (Å²) in [5.74, 6) is 0. The highest BCUT2D eigenvalue weighted by Gasteiger charge is 2.37. The molecule has 1 aliphatic carbocycles. The highest BCUT2D eigenvalue weighted by atomic mass is 79.9. The van der Waals surface area contributed by atoms with Crippen LogP contribution in [0.4, 0.5) is 0 Å². The summed E-state index contributed by atoms with van der Waals surface area (Å²) in [5, 5.41) is 0.854. The molecular formula is C16H23BrClN. The molecule has 0 unspecified atom stereocenters. The SMILES string of the molecule is CC1(C)CCC(CN)(Cc2ccc(Br)cc2Cl)CC1. The van der Waals surface area contributed by atoms with Gasteiger partial charge >= 0.3 is 0 Å². The van der Waals surface area contributed by atoms with Crippen LogP contribution in [0.2, 0.25) is 5.02 Å². The second-order valence-corrected chi connectivity index (χ2v) is 8.10. The Kier molecular flexibility index (Phi) is 4.64. The maximum absolute atomic E-state index is 6.35. The Labute approximate surface area is 130 Å². The predicted octanol–water partition coefficient (Wildman–Crippen LogP) is 5.19. The molecule has 1 aromatic carbocycles. The fourth-order valence-electron chi connectivity index (χ4n) is 2.98. The van der Waals surface area contributed by atoms with E-state index in [2.05, 4.69) is 41.9 Å². The number of halogens is 2. The number of rotatable bonds is 3. The first-order chi connectivity index (χ1) is 8.86. The van der Waals surface area contributed by atoms with Crippen LogP contribution in [0.3, 0.4) is 0 Å². The van der Waals surface area contributed by atoms with Crippen LogP contribution in [0.25, 0.3) is 0 Å². The maximum Gasteiger partial charge on any atom is 0.0449 e. The molecule has 3 heteroatoms. The Balaban J connectivity index is 2.15. The van der Waals surface area contributed by atoms with Crippen LogP contribution in [-0.2, 0) is 6.42 Å². The van der Waals surface area contributed by atoms with Gasteiger partial charge in [-0.25, -0.2) is 0 Å². The average molecular weight is 345 g/mol. The zero-order valence-corrected chi connectivity index (χ0v) is 14.1. The average Bonchev–Trinajstić information content (AvgIpc) is 2.36. The summed E-state index contributed by atoms with van der Waals surface area (Å²) in [6.45, 7) is 5.48. The van der Waals surface area contributed by atoms with Crippen molar-refractivity contribution in [3.8, 4) is 0 Å². The zero-order chi connectivity index (χ0) is 14.1. The Morgan fingerprint density at radius 1 is 1.21 bits per heavy atom. The second-order valence-electron chi connectivity index (χ2n) is 6.78. The van der Waals surface area contributed by atoms with Gasteiger partial charge in [-0.1, -0.05) is 47.4 Å². The molecule has 1 aromatic rings. The molecule has 0 heterocycles. The molecule has 0 radical (unpaired) electrons. The molecule has 0 spiro atoms. The summed E-state index contributed by atoms with van der Waals surface area (Å²) < 4.78 is 1.04. The van der Waals surface area contributed by atoms with Gasteiger partial charge < -0.3 is 5.73 Å². The minimum atomic E-state index is 0.243. The van der Waals surface area contributed by atoms with Gasteiger partial charge in [-0.2, -0.15) is 0 Å². The summed E-state index contributed by atoms with van der Waals surface area (Å²) in [4.78, 5) is 0. The van der Waals surface area contributed by atoms with E-state index >= 15 is 0 Å². The van der Waals surface area contributed by atoms with E-state index < -0.39 is 0 Å². The molecular weight excluding hydrogens is 322 g/mol. The van der Waals surface area contributed by atoms with E-state index in [-0.39, 0.29) is 5.41 Å². The molecule has 19 heavy (non-hydrogen) atoms. The fraction of sp³-hybridized carbons (Fsp3) is 0.625. The first-order valence-corrected chi connectivity index (χ1v) is 8.17. The molecule has 2 N–H and O–H groups in total. The molecule has 1 fully saturated rings. The molecule has 1 nitrogen and oxygen atoms in total. The molecule has 1 aliphatic rings. The van der Waals surface area contributed by atoms with E-state index in [0.717, 1.165) is 22.5 Å². The summed E-state index contributed by atoms with van der Waals surface area (Å²) in [5.41, 5.74) is 8.05. The van der Waals surface area contributed by atoms with Crippen molar-refractivity contribution in [2.45, 2.75) is 46.0 Å². The van der Waals surface area contributed by atoms with Gasteiger partial charge in [-0.05, 0) is 67.2 Å². The minimum absolute atomic E-state index is 0.243.